The van der Waals surface area contributed by atoms with Crippen molar-refractivity contribution in [3.8, 4) is 0 Å². The number of aliphatic hydroxyl groups excluding tert-OH is 1. The average Bonchev–Trinajstić information content (AvgIpc) is 2.21. The minimum atomic E-state index is -0.282. The lowest BCUT2D eigenvalue weighted by atomic mass is 9.84. The molecule has 102 valence electrons. The second-order valence-electron chi connectivity index (χ2n) is 5.54. The van der Waals surface area contributed by atoms with E-state index in [2.05, 4.69) is 19.2 Å². The molecule has 1 atom stereocenters. The number of aliphatic hydroxyl groups is 1. The van der Waals surface area contributed by atoms with Crippen LogP contribution >= 0.6 is 0 Å². The highest BCUT2D eigenvalue weighted by Gasteiger charge is 2.17. The Morgan fingerprint density at radius 2 is 2.06 bits per heavy atom. The summed E-state index contributed by atoms with van der Waals surface area (Å²) in [4.78, 5) is 11.5. The number of carbonyl (C=O) groups excluding carboxylic acids is 1. The summed E-state index contributed by atoms with van der Waals surface area (Å²) >= 11 is 0. The van der Waals surface area contributed by atoms with Gasteiger partial charge in [-0.3, -0.25) is 4.79 Å². The van der Waals surface area contributed by atoms with E-state index in [1.54, 1.807) is 6.92 Å². The maximum Gasteiger partial charge on any atom is 0.220 e. The van der Waals surface area contributed by atoms with Crippen LogP contribution in [0.25, 0.3) is 0 Å². The third-order valence-corrected chi connectivity index (χ3v) is 2.97. The molecule has 4 nitrogen and oxygen atoms in total. The molecule has 0 aromatic heterocycles. The molecule has 0 aliphatic carbocycles. The number of nitrogens with one attached hydrogen (secondary N) is 1. The van der Waals surface area contributed by atoms with Gasteiger partial charge in [0.25, 0.3) is 0 Å². The Balaban J connectivity index is 3.59. The normalized spacial score (nSPS) is 13.5. The zero-order valence-electron chi connectivity index (χ0n) is 11.5. The predicted octanol–water partition coefficient (Wildman–Crippen LogP) is 1.42. The van der Waals surface area contributed by atoms with Gasteiger partial charge in [0.05, 0.1) is 6.10 Å². The van der Waals surface area contributed by atoms with Crippen LogP contribution in [0.15, 0.2) is 0 Å². The molecule has 0 aromatic carbocycles. The Morgan fingerprint density at radius 3 is 2.59 bits per heavy atom. The van der Waals surface area contributed by atoms with Crippen LogP contribution in [-0.2, 0) is 4.79 Å². The third-order valence-electron chi connectivity index (χ3n) is 2.97. The molecule has 1 amide bonds. The molecule has 4 N–H and O–H groups in total. The summed E-state index contributed by atoms with van der Waals surface area (Å²) in [7, 11) is 0. The Labute approximate surface area is 105 Å². The lowest BCUT2D eigenvalue weighted by molar-refractivity contribution is -0.121. The minimum Gasteiger partial charge on any atom is -0.393 e. The zero-order valence-corrected chi connectivity index (χ0v) is 11.5. The number of nitrogens with two attached hydrogens (primary N) is 1. The van der Waals surface area contributed by atoms with Gasteiger partial charge in [0.2, 0.25) is 5.91 Å². The fourth-order valence-corrected chi connectivity index (χ4v) is 1.68. The second kappa shape index (κ2) is 8.48. The molecular formula is C13H28N2O2. The molecule has 0 aliphatic rings. The molecule has 0 rings (SSSR count). The Kier molecular flexibility index (Phi) is 8.17. The number of hydrogen-bond donors (Lipinski definition) is 3. The molecule has 4 heteroatoms. The van der Waals surface area contributed by atoms with Crippen molar-refractivity contribution in [1.29, 1.82) is 0 Å². The van der Waals surface area contributed by atoms with Gasteiger partial charge in [-0.15, -0.1) is 0 Å². The van der Waals surface area contributed by atoms with Gasteiger partial charge < -0.3 is 16.2 Å². The van der Waals surface area contributed by atoms with Crippen molar-refractivity contribution in [1.82, 2.24) is 5.32 Å². The number of rotatable bonds is 9. The summed E-state index contributed by atoms with van der Waals surface area (Å²) in [5.41, 5.74) is 5.67. The van der Waals surface area contributed by atoms with Gasteiger partial charge >= 0.3 is 0 Å². The fraction of sp³-hybridized carbons (Fsp3) is 0.923. The molecule has 0 heterocycles. The van der Waals surface area contributed by atoms with E-state index in [1.165, 1.54) is 0 Å². The van der Waals surface area contributed by atoms with Gasteiger partial charge in [0.15, 0.2) is 0 Å². The largest absolute Gasteiger partial charge is 0.393 e. The van der Waals surface area contributed by atoms with Crippen LogP contribution < -0.4 is 11.1 Å². The molecule has 17 heavy (non-hydrogen) atoms. The van der Waals surface area contributed by atoms with E-state index in [1.807, 2.05) is 0 Å². The molecule has 0 bridgehead atoms. The Bertz CT molecular complexity index is 215. The van der Waals surface area contributed by atoms with Crippen molar-refractivity contribution in [2.45, 2.75) is 59.0 Å². The lowest BCUT2D eigenvalue weighted by Crippen LogP contribution is -2.27. The smallest absolute Gasteiger partial charge is 0.220 e. The molecule has 0 fully saturated rings. The first-order valence-corrected chi connectivity index (χ1v) is 6.52. The highest BCUT2D eigenvalue weighted by atomic mass is 16.3. The quantitative estimate of drug-likeness (QED) is 0.537. The van der Waals surface area contributed by atoms with Gasteiger partial charge in [-0.25, -0.2) is 0 Å². The van der Waals surface area contributed by atoms with Crippen LogP contribution in [0.4, 0.5) is 0 Å². The molecule has 0 aromatic rings. The van der Waals surface area contributed by atoms with Crippen molar-refractivity contribution in [2.75, 3.05) is 13.1 Å². The molecule has 0 aliphatic heterocycles. The van der Waals surface area contributed by atoms with Crippen molar-refractivity contribution < 1.29 is 9.90 Å². The fourth-order valence-electron chi connectivity index (χ4n) is 1.68. The monoisotopic (exact) mass is 244 g/mol. The summed E-state index contributed by atoms with van der Waals surface area (Å²) in [6.45, 7) is 7.36. The first-order valence-electron chi connectivity index (χ1n) is 6.52. The van der Waals surface area contributed by atoms with Crippen LogP contribution in [0.5, 0.6) is 0 Å². The van der Waals surface area contributed by atoms with Crippen molar-refractivity contribution >= 4 is 5.91 Å². The summed E-state index contributed by atoms with van der Waals surface area (Å²) in [6.07, 6.45) is 3.65. The maximum atomic E-state index is 11.5. The highest BCUT2D eigenvalue weighted by Crippen LogP contribution is 2.25. The number of amides is 1. The van der Waals surface area contributed by atoms with Gasteiger partial charge in [-0.2, -0.15) is 0 Å². The first-order chi connectivity index (χ1) is 7.87. The number of hydrogen-bond acceptors (Lipinski definition) is 3. The first kappa shape index (κ1) is 16.4. The van der Waals surface area contributed by atoms with Crippen molar-refractivity contribution in [3.63, 3.8) is 0 Å². The topological polar surface area (TPSA) is 75.3 Å². The third kappa shape index (κ3) is 10.3. The van der Waals surface area contributed by atoms with Gasteiger partial charge in [0.1, 0.15) is 0 Å². The SMILES string of the molecule is CC(O)CCCNC(=O)CCC(C)(C)CCN. The molecule has 0 saturated heterocycles. The number of carbonyl (C=O) groups is 1. The van der Waals surface area contributed by atoms with E-state index < -0.39 is 0 Å². The average molecular weight is 244 g/mol. The van der Waals surface area contributed by atoms with E-state index in [0.29, 0.717) is 19.5 Å². The predicted molar refractivity (Wildman–Crippen MR) is 70.6 cm³/mol. The summed E-state index contributed by atoms with van der Waals surface area (Å²) in [5, 5.41) is 11.9. The highest BCUT2D eigenvalue weighted by molar-refractivity contribution is 5.75. The van der Waals surface area contributed by atoms with Crippen LogP contribution in [0, 0.1) is 5.41 Å². The van der Waals surface area contributed by atoms with E-state index in [-0.39, 0.29) is 17.4 Å². The van der Waals surface area contributed by atoms with E-state index in [0.717, 1.165) is 25.7 Å². The molecule has 1 unspecified atom stereocenters. The van der Waals surface area contributed by atoms with Crippen molar-refractivity contribution in [3.05, 3.63) is 0 Å². The van der Waals surface area contributed by atoms with Gasteiger partial charge in [-0.05, 0) is 44.6 Å². The minimum absolute atomic E-state index is 0.0979. The zero-order chi connectivity index (χ0) is 13.3. The van der Waals surface area contributed by atoms with Crippen LogP contribution in [0.3, 0.4) is 0 Å². The van der Waals surface area contributed by atoms with E-state index in [9.17, 15) is 4.79 Å². The van der Waals surface area contributed by atoms with Gasteiger partial charge in [-0.1, -0.05) is 13.8 Å². The Hall–Kier alpha value is -0.610. The molecule has 0 saturated carbocycles. The maximum absolute atomic E-state index is 11.5. The Morgan fingerprint density at radius 1 is 1.41 bits per heavy atom. The molecule has 0 spiro atoms. The van der Waals surface area contributed by atoms with Crippen LogP contribution in [-0.4, -0.2) is 30.2 Å². The van der Waals surface area contributed by atoms with E-state index >= 15 is 0 Å². The van der Waals surface area contributed by atoms with Crippen LogP contribution in [0.1, 0.15) is 52.9 Å². The summed E-state index contributed by atoms with van der Waals surface area (Å²) in [5.74, 6) is 0.0979. The van der Waals surface area contributed by atoms with Crippen molar-refractivity contribution in [2.24, 2.45) is 11.1 Å². The van der Waals surface area contributed by atoms with Gasteiger partial charge in [0, 0.05) is 13.0 Å². The molecular weight excluding hydrogens is 216 g/mol. The second-order valence-corrected chi connectivity index (χ2v) is 5.54. The molecule has 0 radical (unpaired) electrons. The lowest BCUT2D eigenvalue weighted by Gasteiger charge is -2.23. The van der Waals surface area contributed by atoms with Crippen LogP contribution in [0.2, 0.25) is 0 Å². The van der Waals surface area contributed by atoms with E-state index in [4.69, 9.17) is 10.8 Å². The summed E-state index contributed by atoms with van der Waals surface area (Å²) < 4.78 is 0. The summed E-state index contributed by atoms with van der Waals surface area (Å²) in [6, 6.07) is 0. The standard InChI is InChI=1S/C13H28N2O2/c1-11(16)5-4-10-15-12(17)6-7-13(2,3)8-9-14/h11,16H,4-10,14H2,1-3H3,(H,15,17).